The Labute approximate surface area is 241 Å². The van der Waals surface area contributed by atoms with Crippen LogP contribution in [-0.4, -0.2) is 54.3 Å². The monoisotopic (exact) mass is 598 g/mol. The number of carbonyl (C=O) groups excluding carboxylic acids is 2. The lowest BCUT2D eigenvalue weighted by molar-refractivity contribution is -0.112. The third kappa shape index (κ3) is 6.64. The summed E-state index contributed by atoms with van der Waals surface area (Å²) in [7, 11) is -3.38. The van der Waals surface area contributed by atoms with E-state index in [0.717, 1.165) is 12.2 Å². The number of thioether (sulfide) groups is 1. The lowest BCUT2D eigenvalue weighted by atomic mass is 10.1. The van der Waals surface area contributed by atoms with E-state index in [1.165, 1.54) is 30.2 Å². The summed E-state index contributed by atoms with van der Waals surface area (Å²) in [5.74, 6) is 0.452. The number of aromatic nitrogens is 2. The first-order chi connectivity index (χ1) is 19.3. The molecular weight excluding hydrogens is 572 g/mol. The molecule has 0 atom stereocenters. The molecule has 0 spiro atoms. The van der Waals surface area contributed by atoms with Gasteiger partial charge in [0.2, 0.25) is 5.95 Å². The number of halogens is 1. The molecule has 3 aromatic rings. The molecule has 10 nitrogen and oxygen atoms in total. The minimum Gasteiger partial charge on any atom is -0.324 e. The van der Waals surface area contributed by atoms with Crippen LogP contribution in [0.4, 0.5) is 23.0 Å². The average Bonchev–Trinajstić information content (AvgIpc) is 3.51. The molecule has 13 heteroatoms. The standard InChI is InChI=1S/C27H27ClN6O4S2/c28-23-8-5-18(32-26(36)24-2-1-13-39-24)14-22(23)25(35)33-19-15-30-27(31-16-19)34-17-3-6-20(7-4-17)40(37,38)21-9-11-29-12-10-21/h2-8,14-16,21,29H,1,9-13H2,(H,32,36)(H,33,35)(H,30,31,34). The number of piperidine rings is 1. The van der Waals surface area contributed by atoms with E-state index in [1.807, 2.05) is 6.08 Å². The molecule has 3 heterocycles. The van der Waals surface area contributed by atoms with E-state index >= 15 is 0 Å². The first-order valence-corrected chi connectivity index (χ1v) is 15.6. The van der Waals surface area contributed by atoms with E-state index in [-0.39, 0.29) is 27.7 Å². The number of allylic oxidation sites excluding steroid dienone is 1. The molecule has 1 saturated heterocycles. The molecule has 2 aromatic carbocycles. The van der Waals surface area contributed by atoms with Crippen LogP contribution in [0.1, 0.15) is 29.6 Å². The van der Waals surface area contributed by atoms with Gasteiger partial charge in [-0.25, -0.2) is 18.4 Å². The molecule has 2 aliphatic rings. The van der Waals surface area contributed by atoms with Crippen molar-refractivity contribution in [2.45, 2.75) is 29.4 Å². The molecular formula is C27H27ClN6O4S2. The van der Waals surface area contributed by atoms with Crippen molar-refractivity contribution in [1.29, 1.82) is 0 Å². The fourth-order valence-corrected chi connectivity index (χ4v) is 7.19. The molecule has 0 bridgehead atoms. The summed E-state index contributed by atoms with van der Waals surface area (Å²) in [4.78, 5) is 34.7. The van der Waals surface area contributed by atoms with Crippen molar-refractivity contribution < 1.29 is 18.0 Å². The summed E-state index contributed by atoms with van der Waals surface area (Å²) >= 11 is 7.74. The first-order valence-electron chi connectivity index (χ1n) is 12.7. The molecule has 2 aliphatic heterocycles. The Hall–Kier alpha value is -3.45. The number of amides is 2. The van der Waals surface area contributed by atoms with Crippen LogP contribution >= 0.6 is 23.4 Å². The second kappa shape index (κ2) is 12.4. The normalized spacial score (nSPS) is 15.8. The fraction of sp³-hybridized carbons (Fsp3) is 0.259. The van der Waals surface area contributed by atoms with E-state index < -0.39 is 15.7 Å². The Morgan fingerprint density at radius 3 is 2.27 bits per heavy atom. The lowest BCUT2D eigenvalue weighted by Crippen LogP contribution is -2.35. The van der Waals surface area contributed by atoms with Crippen molar-refractivity contribution >= 4 is 68.0 Å². The zero-order chi connectivity index (χ0) is 28.1. The third-order valence-corrected chi connectivity index (χ3v) is 10.2. The number of nitrogens with one attached hydrogen (secondary N) is 4. The SMILES string of the molecule is O=C(Nc1ccc(Cl)c(C(=O)Nc2cnc(Nc3ccc(S(=O)(=O)C4CCNCC4)cc3)nc2)c1)C1=CCCS1. The molecule has 5 rings (SSSR count). The van der Waals surface area contributed by atoms with Gasteiger partial charge in [-0.1, -0.05) is 17.7 Å². The van der Waals surface area contributed by atoms with Crippen LogP contribution in [0.2, 0.25) is 5.02 Å². The Morgan fingerprint density at radius 1 is 0.925 bits per heavy atom. The predicted molar refractivity (Wildman–Crippen MR) is 158 cm³/mol. The molecule has 0 radical (unpaired) electrons. The number of hydrogen-bond acceptors (Lipinski definition) is 9. The number of sulfone groups is 1. The lowest BCUT2D eigenvalue weighted by Gasteiger charge is -2.22. The Morgan fingerprint density at radius 2 is 1.60 bits per heavy atom. The van der Waals surface area contributed by atoms with Crippen LogP contribution < -0.4 is 21.3 Å². The fourth-order valence-electron chi connectivity index (χ4n) is 4.36. The van der Waals surface area contributed by atoms with Crippen LogP contribution in [0.3, 0.4) is 0 Å². The maximum Gasteiger partial charge on any atom is 0.261 e. The van der Waals surface area contributed by atoms with E-state index in [2.05, 4.69) is 31.2 Å². The molecule has 4 N–H and O–H groups in total. The minimum atomic E-state index is -3.38. The highest BCUT2D eigenvalue weighted by atomic mass is 35.5. The van der Waals surface area contributed by atoms with Gasteiger partial charge in [-0.3, -0.25) is 9.59 Å². The summed E-state index contributed by atoms with van der Waals surface area (Å²) in [5, 5.41) is 11.6. The number of benzene rings is 2. The molecule has 40 heavy (non-hydrogen) atoms. The maximum absolute atomic E-state index is 12.9. The quantitative estimate of drug-likeness (QED) is 0.292. The van der Waals surface area contributed by atoms with Crippen LogP contribution in [0.5, 0.6) is 0 Å². The van der Waals surface area contributed by atoms with Gasteiger partial charge in [0.05, 0.1) is 43.7 Å². The highest BCUT2D eigenvalue weighted by Crippen LogP contribution is 2.28. The molecule has 0 unspecified atom stereocenters. The smallest absolute Gasteiger partial charge is 0.261 e. The number of rotatable bonds is 8. The largest absolute Gasteiger partial charge is 0.324 e. The molecule has 0 saturated carbocycles. The molecule has 2 amide bonds. The van der Waals surface area contributed by atoms with Gasteiger partial charge in [-0.15, -0.1) is 11.8 Å². The van der Waals surface area contributed by atoms with Gasteiger partial charge in [0.15, 0.2) is 9.84 Å². The van der Waals surface area contributed by atoms with Crippen molar-refractivity contribution in [2.75, 3.05) is 34.8 Å². The highest BCUT2D eigenvalue weighted by Gasteiger charge is 2.28. The van der Waals surface area contributed by atoms with Crippen molar-refractivity contribution in [1.82, 2.24) is 15.3 Å². The van der Waals surface area contributed by atoms with Crippen molar-refractivity contribution in [3.8, 4) is 0 Å². The third-order valence-electron chi connectivity index (χ3n) is 6.47. The highest BCUT2D eigenvalue weighted by molar-refractivity contribution is 8.04. The van der Waals surface area contributed by atoms with Crippen molar-refractivity contribution in [2.24, 2.45) is 0 Å². The molecule has 1 aromatic heterocycles. The van der Waals surface area contributed by atoms with Gasteiger partial charge in [-0.2, -0.15) is 0 Å². The number of nitrogens with zero attached hydrogens (tertiary/aromatic N) is 2. The van der Waals surface area contributed by atoms with Gasteiger partial charge in [-0.05, 0) is 74.8 Å². The summed E-state index contributed by atoms with van der Waals surface area (Å²) in [6, 6.07) is 11.2. The summed E-state index contributed by atoms with van der Waals surface area (Å²) in [5.41, 5.74) is 1.61. The molecule has 208 valence electrons. The number of anilines is 4. The van der Waals surface area contributed by atoms with Crippen molar-refractivity contribution in [3.05, 3.63) is 76.4 Å². The van der Waals surface area contributed by atoms with Gasteiger partial charge in [0.25, 0.3) is 11.8 Å². The summed E-state index contributed by atoms with van der Waals surface area (Å²) in [6.07, 6.45) is 6.82. The van der Waals surface area contributed by atoms with E-state index in [9.17, 15) is 18.0 Å². The minimum absolute atomic E-state index is 0.189. The van der Waals surface area contributed by atoms with Crippen LogP contribution in [0.25, 0.3) is 0 Å². The van der Waals surface area contributed by atoms with Gasteiger partial charge in [0, 0.05) is 17.1 Å². The van der Waals surface area contributed by atoms with Crippen LogP contribution in [-0.2, 0) is 14.6 Å². The summed E-state index contributed by atoms with van der Waals surface area (Å²) in [6.45, 7) is 1.40. The van der Waals surface area contributed by atoms with Crippen LogP contribution in [0.15, 0.2) is 70.7 Å². The van der Waals surface area contributed by atoms with Crippen LogP contribution in [0, 0.1) is 0 Å². The Bertz CT molecular complexity index is 1540. The zero-order valence-electron chi connectivity index (χ0n) is 21.3. The number of carbonyl (C=O) groups is 2. The van der Waals surface area contributed by atoms with E-state index in [1.54, 1.807) is 36.4 Å². The van der Waals surface area contributed by atoms with Gasteiger partial charge in [0.1, 0.15) is 0 Å². The van der Waals surface area contributed by atoms with Gasteiger partial charge < -0.3 is 21.3 Å². The second-order valence-corrected chi connectivity index (χ2v) is 13.0. The molecule has 1 fully saturated rings. The summed E-state index contributed by atoms with van der Waals surface area (Å²) < 4.78 is 25.8. The predicted octanol–water partition coefficient (Wildman–Crippen LogP) is 4.61. The maximum atomic E-state index is 12.9. The molecule has 0 aliphatic carbocycles. The first kappa shape index (κ1) is 28.1. The second-order valence-electron chi connectivity index (χ2n) is 9.25. The van der Waals surface area contributed by atoms with E-state index in [4.69, 9.17) is 11.6 Å². The van der Waals surface area contributed by atoms with Gasteiger partial charge >= 0.3 is 0 Å². The van der Waals surface area contributed by atoms with E-state index in [0.29, 0.717) is 52.8 Å². The topological polar surface area (TPSA) is 142 Å². The van der Waals surface area contributed by atoms with Crippen molar-refractivity contribution in [3.63, 3.8) is 0 Å². The Kier molecular flexibility index (Phi) is 8.69. The number of hydrogen-bond donors (Lipinski definition) is 4. The Balaban J connectivity index is 1.20. The zero-order valence-corrected chi connectivity index (χ0v) is 23.7. The average molecular weight is 599 g/mol.